The molecule has 0 spiro atoms. The number of hydrogen-bond donors (Lipinski definition) is 0. The minimum Gasteiger partial charge on any atom is -0.369 e. The second-order valence-electron chi connectivity index (χ2n) is 4.22. The average molecular weight is 237 g/mol. The van der Waals surface area contributed by atoms with E-state index in [9.17, 15) is 8.78 Å². The molecule has 0 saturated carbocycles. The van der Waals surface area contributed by atoms with Crippen LogP contribution in [-0.4, -0.2) is 24.7 Å². The molecule has 1 fully saturated rings. The van der Waals surface area contributed by atoms with E-state index in [1.165, 1.54) is 6.07 Å². The number of halogens is 2. The summed E-state index contributed by atoms with van der Waals surface area (Å²) >= 11 is 0. The highest BCUT2D eigenvalue weighted by molar-refractivity contribution is 5.50. The van der Waals surface area contributed by atoms with Crippen LogP contribution in [0.3, 0.4) is 0 Å². The standard InChI is InChI=1S/C12H13F2N3/c13-6-9-1-3-17(4-2-9)12-5-10(7-15)16-8-11(12)14/h5,8-9H,1-4,6H2. The van der Waals surface area contributed by atoms with E-state index in [1.807, 2.05) is 11.0 Å². The SMILES string of the molecule is N#Cc1cc(N2CCC(CF)CC2)c(F)cn1. The summed E-state index contributed by atoms with van der Waals surface area (Å²) in [4.78, 5) is 5.51. The van der Waals surface area contributed by atoms with Crippen molar-refractivity contribution in [2.45, 2.75) is 12.8 Å². The van der Waals surface area contributed by atoms with Crippen molar-refractivity contribution in [2.75, 3.05) is 24.7 Å². The van der Waals surface area contributed by atoms with Crippen LogP contribution < -0.4 is 4.90 Å². The maximum Gasteiger partial charge on any atom is 0.164 e. The molecule has 0 N–H and O–H groups in total. The van der Waals surface area contributed by atoms with Gasteiger partial charge in [-0.25, -0.2) is 9.37 Å². The van der Waals surface area contributed by atoms with Crippen LogP contribution in [-0.2, 0) is 0 Å². The normalized spacial score (nSPS) is 16.9. The molecule has 5 heteroatoms. The number of anilines is 1. The molecule has 2 rings (SSSR count). The molecule has 1 aliphatic heterocycles. The fourth-order valence-corrected chi connectivity index (χ4v) is 2.06. The van der Waals surface area contributed by atoms with Gasteiger partial charge in [-0.1, -0.05) is 0 Å². The topological polar surface area (TPSA) is 39.9 Å². The van der Waals surface area contributed by atoms with Gasteiger partial charge in [0.15, 0.2) is 5.82 Å². The first-order valence-electron chi connectivity index (χ1n) is 5.61. The lowest BCUT2D eigenvalue weighted by atomic mass is 9.98. The Hall–Kier alpha value is -1.70. The van der Waals surface area contributed by atoms with Crippen molar-refractivity contribution in [3.63, 3.8) is 0 Å². The summed E-state index contributed by atoms with van der Waals surface area (Å²) < 4.78 is 26.0. The maximum atomic E-state index is 13.6. The van der Waals surface area contributed by atoms with Crippen molar-refractivity contribution in [1.82, 2.24) is 4.98 Å². The number of alkyl halides is 1. The predicted octanol–water partition coefficient (Wildman–Crippen LogP) is 2.28. The highest BCUT2D eigenvalue weighted by Crippen LogP contribution is 2.25. The molecule has 0 bridgehead atoms. The van der Waals surface area contributed by atoms with Crippen molar-refractivity contribution >= 4 is 5.69 Å². The summed E-state index contributed by atoms with van der Waals surface area (Å²) in [6.45, 7) is 0.941. The van der Waals surface area contributed by atoms with E-state index in [2.05, 4.69) is 4.98 Å². The minimum absolute atomic E-state index is 0.0894. The Morgan fingerprint density at radius 2 is 2.18 bits per heavy atom. The minimum atomic E-state index is -0.428. The molecule has 1 aliphatic rings. The number of rotatable bonds is 2. The van der Waals surface area contributed by atoms with E-state index in [-0.39, 0.29) is 18.3 Å². The molecule has 90 valence electrons. The lowest BCUT2D eigenvalue weighted by Crippen LogP contribution is -2.34. The molecule has 1 aromatic rings. The molecular formula is C12H13F2N3. The first-order chi connectivity index (χ1) is 8.24. The molecule has 1 saturated heterocycles. The third-order valence-corrected chi connectivity index (χ3v) is 3.12. The molecule has 0 radical (unpaired) electrons. The van der Waals surface area contributed by atoms with Gasteiger partial charge in [0.1, 0.15) is 11.8 Å². The molecule has 0 amide bonds. The summed E-state index contributed by atoms with van der Waals surface area (Å²) in [7, 11) is 0. The van der Waals surface area contributed by atoms with Crippen LogP contribution in [0.2, 0.25) is 0 Å². The first kappa shape index (κ1) is 11.8. The first-order valence-corrected chi connectivity index (χ1v) is 5.61. The molecule has 0 aliphatic carbocycles. The van der Waals surface area contributed by atoms with E-state index in [0.717, 1.165) is 19.0 Å². The van der Waals surface area contributed by atoms with Crippen molar-refractivity contribution in [1.29, 1.82) is 5.26 Å². The van der Waals surface area contributed by atoms with Gasteiger partial charge in [0.25, 0.3) is 0 Å². The Kier molecular flexibility index (Phi) is 3.52. The van der Waals surface area contributed by atoms with Gasteiger partial charge in [0.2, 0.25) is 0 Å². The van der Waals surface area contributed by atoms with Gasteiger partial charge in [0.05, 0.1) is 18.6 Å². The summed E-state index contributed by atoms with van der Waals surface area (Å²) in [6, 6.07) is 3.34. The number of nitrogens with zero attached hydrogens (tertiary/aromatic N) is 3. The number of nitriles is 1. The van der Waals surface area contributed by atoms with Gasteiger partial charge in [-0.3, -0.25) is 4.39 Å². The average Bonchev–Trinajstić information content (AvgIpc) is 2.39. The van der Waals surface area contributed by atoms with E-state index < -0.39 is 5.82 Å². The third kappa shape index (κ3) is 2.52. The van der Waals surface area contributed by atoms with Gasteiger partial charge >= 0.3 is 0 Å². The smallest absolute Gasteiger partial charge is 0.164 e. The summed E-state index contributed by atoms with van der Waals surface area (Å²) in [5.41, 5.74) is 0.600. The number of aromatic nitrogens is 1. The lowest BCUT2D eigenvalue weighted by Gasteiger charge is -2.32. The van der Waals surface area contributed by atoms with Crippen LogP contribution in [0.1, 0.15) is 18.5 Å². The molecule has 0 atom stereocenters. The molecule has 1 aromatic heterocycles. The Balaban J connectivity index is 2.15. The van der Waals surface area contributed by atoms with Gasteiger partial charge < -0.3 is 4.90 Å². The molecule has 2 heterocycles. The van der Waals surface area contributed by atoms with Gasteiger partial charge in [-0.2, -0.15) is 5.26 Å². The van der Waals surface area contributed by atoms with Crippen molar-refractivity contribution in [3.8, 4) is 6.07 Å². The molecule has 0 aromatic carbocycles. The van der Waals surface area contributed by atoms with E-state index in [4.69, 9.17) is 5.26 Å². The monoisotopic (exact) mass is 237 g/mol. The molecule has 0 unspecified atom stereocenters. The van der Waals surface area contributed by atoms with Crippen molar-refractivity contribution in [3.05, 3.63) is 23.8 Å². The van der Waals surface area contributed by atoms with Crippen LogP contribution in [0.4, 0.5) is 14.5 Å². The van der Waals surface area contributed by atoms with Crippen LogP contribution >= 0.6 is 0 Å². The second-order valence-corrected chi connectivity index (χ2v) is 4.22. The summed E-state index contributed by atoms with van der Waals surface area (Å²) in [5, 5.41) is 8.73. The Bertz CT molecular complexity index is 434. The second kappa shape index (κ2) is 5.09. The number of piperidine rings is 1. The Morgan fingerprint density at radius 1 is 1.47 bits per heavy atom. The number of hydrogen-bond acceptors (Lipinski definition) is 3. The van der Waals surface area contributed by atoms with Crippen molar-refractivity contribution < 1.29 is 8.78 Å². The van der Waals surface area contributed by atoms with E-state index in [1.54, 1.807) is 0 Å². The predicted molar refractivity (Wildman–Crippen MR) is 59.8 cm³/mol. The zero-order chi connectivity index (χ0) is 12.3. The fourth-order valence-electron chi connectivity index (χ4n) is 2.06. The molecular weight excluding hydrogens is 224 g/mol. The highest BCUT2D eigenvalue weighted by Gasteiger charge is 2.21. The van der Waals surface area contributed by atoms with Crippen LogP contribution in [0, 0.1) is 23.1 Å². The largest absolute Gasteiger partial charge is 0.369 e. The highest BCUT2D eigenvalue weighted by atomic mass is 19.1. The quantitative estimate of drug-likeness (QED) is 0.792. The number of pyridine rings is 1. The maximum absolute atomic E-state index is 13.6. The van der Waals surface area contributed by atoms with Gasteiger partial charge in [0, 0.05) is 19.2 Å². The Morgan fingerprint density at radius 3 is 2.76 bits per heavy atom. The van der Waals surface area contributed by atoms with Crippen LogP contribution in [0.25, 0.3) is 0 Å². The zero-order valence-corrected chi connectivity index (χ0v) is 9.37. The summed E-state index contributed by atoms with van der Waals surface area (Å²) in [6.07, 6.45) is 2.51. The summed E-state index contributed by atoms with van der Waals surface area (Å²) in [5.74, 6) is -0.339. The van der Waals surface area contributed by atoms with E-state index in [0.29, 0.717) is 18.8 Å². The van der Waals surface area contributed by atoms with E-state index >= 15 is 0 Å². The van der Waals surface area contributed by atoms with Crippen LogP contribution in [0.15, 0.2) is 12.3 Å². The van der Waals surface area contributed by atoms with Crippen LogP contribution in [0.5, 0.6) is 0 Å². The lowest BCUT2D eigenvalue weighted by molar-refractivity contribution is 0.307. The molecule has 3 nitrogen and oxygen atoms in total. The van der Waals surface area contributed by atoms with Crippen molar-refractivity contribution in [2.24, 2.45) is 5.92 Å². The Labute approximate surface area is 98.7 Å². The van der Waals surface area contributed by atoms with Gasteiger partial charge in [-0.05, 0) is 18.8 Å². The van der Waals surface area contributed by atoms with Gasteiger partial charge in [-0.15, -0.1) is 0 Å². The fraction of sp³-hybridized carbons (Fsp3) is 0.500. The zero-order valence-electron chi connectivity index (χ0n) is 9.37. The molecule has 17 heavy (non-hydrogen) atoms. The third-order valence-electron chi connectivity index (χ3n) is 3.12.